The highest BCUT2D eigenvalue weighted by molar-refractivity contribution is 5.83. The van der Waals surface area contributed by atoms with Crippen molar-refractivity contribution in [3.8, 4) is 0 Å². The number of epoxide rings is 1. The van der Waals surface area contributed by atoms with Crippen LogP contribution in [0.4, 0.5) is 0 Å². The Balaban J connectivity index is 1.54. The van der Waals surface area contributed by atoms with Crippen LogP contribution in [-0.4, -0.2) is 84.2 Å². The number of cyclic esters (lactones) is 1. The van der Waals surface area contributed by atoms with Gasteiger partial charge in [-0.05, 0) is 40.0 Å². The molecule has 0 unspecified atom stereocenters. The van der Waals surface area contributed by atoms with Gasteiger partial charge in [-0.1, -0.05) is 42.4 Å². The topological polar surface area (TPSA) is 124 Å². The highest BCUT2D eigenvalue weighted by atomic mass is 16.7. The molecule has 0 aromatic rings. The van der Waals surface area contributed by atoms with E-state index in [2.05, 4.69) is 0 Å². The van der Waals surface area contributed by atoms with Gasteiger partial charge in [0.05, 0.1) is 30.8 Å². The van der Waals surface area contributed by atoms with Crippen LogP contribution in [0.15, 0.2) is 47.6 Å². The van der Waals surface area contributed by atoms with Crippen molar-refractivity contribution in [2.75, 3.05) is 19.8 Å². The molecule has 0 aromatic heterocycles. The summed E-state index contributed by atoms with van der Waals surface area (Å²) in [6.07, 6.45) is 6.92. The number of ether oxygens (including phenoxy) is 5. The van der Waals surface area contributed by atoms with Crippen LogP contribution in [0.5, 0.6) is 0 Å². The van der Waals surface area contributed by atoms with Crippen molar-refractivity contribution in [3.05, 3.63) is 47.6 Å². The van der Waals surface area contributed by atoms with Crippen LogP contribution >= 0.6 is 0 Å². The van der Waals surface area contributed by atoms with Gasteiger partial charge >= 0.3 is 11.9 Å². The summed E-state index contributed by atoms with van der Waals surface area (Å²) >= 11 is 0. The van der Waals surface area contributed by atoms with E-state index in [9.17, 15) is 19.8 Å². The Morgan fingerprint density at radius 1 is 1.05 bits per heavy atom. The molecule has 9 nitrogen and oxygen atoms in total. The van der Waals surface area contributed by atoms with E-state index in [1.54, 1.807) is 19.1 Å². The van der Waals surface area contributed by atoms with Gasteiger partial charge in [-0.2, -0.15) is 0 Å². The Morgan fingerprint density at radius 2 is 1.82 bits per heavy atom. The second-order valence-corrected chi connectivity index (χ2v) is 11.5. The Hall–Kier alpha value is -2.30. The number of carbonyl (C=O) groups is 2. The maximum atomic E-state index is 13.0. The predicted octanol–water partition coefficient (Wildman–Crippen LogP) is 2.31. The Labute approximate surface area is 223 Å². The lowest BCUT2D eigenvalue weighted by Gasteiger charge is -2.58. The molecule has 3 aliphatic heterocycles. The van der Waals surface area contributed by atoms with Gasteiger partial charge < -0.3 is 33.9 Å². The second kappa shape index (κ2) is 10.0. The summed E-state index contributed by atoms with van der Waals surface area (Å²) in [6.45, 7) is 8.14. The summed E-state index contributed by atoms with van der Waals surface area (Å²) in [7, 11) is 0. The van der Waals surface area contributed by atoms with Crippen molar-refractivity contribution in [1.29, 1.82) is 0 Å². The van der Waals surface area contributed by atoms with Crippen LogP contribution in [-0.2, 0) is 33.3 Å². The largest absolute Gasteiger partial charge is 0.462 e. The van der Waals surface area contributed by atoms with E-state index in [0.717, 1.165) is 17.6 Å². The molecule has 3 heterocycles. The molecular weight excluding hydrogens is 492 g/mol. The fourth-order valence-corrected chi connectivity index (χ4v) is 6.89. The van der Waals surface area contributed by atoms with E-state index in [0.29, 0.717) is 26.1 Å². The summed E-state index contributed by atoms with van der Waals surface area (Å²) < 4.78 is 30.1. The van der Waals surface area contributed by atoms with Crippen LogP contribution in [0, 0.1) is 10.8 Å². The molecule has 2 N–H and O–H groups in total. The predicted molar refractivity (Wildman–Crippen MR) is 136 cm³/mol. The SMILES string of the molecule is CC1=CC(=O)OC[C@]23CCC(C)=C[C@H]2O[C@@H]2[C@H](O)[C@@H](OC(=O)C=CC=C[C@H]([C@@H](C)O)OCC1)[C@@]3(C)[C@]21CO1. The number of hydrogen-bond donors (Lipinski definition) is 2. The van der Waals surface area contributed by atoms with E-state index >= 15 is 0 Å². The molecule has 38 heavy (non-hydrogen) atoms. The first-order valence-corrected chi connectivity index (χ1v) is 13.4. The molecule has 2 aliphatic carbocycles. The Bertz CT molecular complexity index is 1080. The lowest BCUT2D eigenvalue weighted by atomic mass is 9.51. The number of carbonyl (C=O) groups excluding carboxylic acids is 2. The van der Waals surface area contributed by atoms with Gasteiger partial charge in [0.1, 0.15) is 36.6 Å². The minimum Gasteiger partial charge on any atom is -0.462 e. The zero-order valence-electron chi connectivity index (χ0n) is 22.4. The van der Waals surface area contributed by atoms with Gasteiger partial charge in [0.25, 0.3) is 0 Å². The molecule has 9 atom stereocenters. The molecule has 2 bridgehead atoms. The average molecular weight is 531 g/mol. The molecule has 0 radical (unpaired) electrons. The van der Waals surface area contributed by atoms with Crippen LogP contribution in [0.1, 0.15) is 47.0 Å². The van der Waals surface area contributed by atoms with Crippen molar-refractivity contribution in [1.82, 2.24) is 0 Å². The standard InChI is InChI=1S/C29H38O9/c1-17-9-11-28-15-35-23(32)14-18(2)10-12-34-20(19(3)30)7-5-6-8-22(31)38-25-24(33)26(37-21(28)13-17)29(16-36-29)27(25,28)4/h5-8,13-14,19-21,24-26,30,33H,9-12,15-16H2,1-4H3/t19-,20-,21-,24-,25-,26-,27-,28-,29+/m1/s1. The maximum Gasteiger partial charge on any atom is 0.331 e. The monoisotopic (exact) mass is 530 g/mol. The minimum absolute atomic E-state index is 0.0261. The van der Waals surface area contributed by atoms with Crippen molar-refractivity contribution in [2.24, 2.45) is 10.8 Å². The first-order chi connectivity index (χ1) is 18.0. The zero-order chi connectivity index (χ0) is 27.3. The number of esters is 2. The third kappa shape index (κ3) is 4.29. The third-order valence-corrected chi connectivity index (χ3v) is 9.26. The number of hydrogen-bond acceptors (Lipinski definition) is 9. The zero-order valence-corrected chi connectivity index (χ0v) is 22.4. The molecule has 5 rings (SSSR count). The van der Waals surface area contributed by atoms with Crippen LogP contribution in [0.2, 0.25) is 0 Å². The van der Waals surface area contributed by atoms with Gasteiger partial charge in [-0.15, -0.1) is 0 Å². The van der Waals surface area contributed by atoms with E-state index in [1.807, 2.05) is 26.8 Å². The number of allylic oxidation sites excluding steroid dienone is 3. The molecule has 5 aliphatic rings. The van der Waals surface area contributed by atoms with Gasteiger partial charge in [0, 0.05) is 17.6 Å². The van der Waals surface area contributed by atoms with Gasteiger partial charge in [0.15, 0.2) is 0 Å². The van der Waals surface area contributed by atoms with Crippen LogP contribution in [0.25, 0.3) is 0 Å². The first-order valence-electron chi connectivity index (χ1n) is 13.4. The van der Waals surface area contributed by atoms with Crippen molar-refractivity contribution < 1.29 is 43.5 Å². The summed E-state index contributed by atoms with van der Waals surface area (Å²) in [4.78, 5) is 25.9. The molecule has 3 fully saturated rings. The smallest absolute Gasteiger partial charge is 0.331 e. The van der Waals surface area contributed by atoms with Crippen molar-refractivity contribution in [2.45, 2.75) is 89.2 Å². The van der Waals surface area contributed by atoms with E-state index in [4.69, 9.17) is 23.7 Å². The Kier molecular flexibility index (Phi) is 7.19. The molecule has 2 saturated heterocycles. The van der Waals surface area contributed by atoms with E-state index < -0.39 is 65.0 Å². The van der Waals surface area contributed by atoms with E-state index in [1.165, 1.54) is 18.2 Å². The Morgan fingerprint density at radius 3 is 2.53 bits per heavy atom. The number of rotatable bonds is 1. The highest BCUT2D eigenvalue weighted by Gasteiger charge is 2.85. The van der Waals surface area contributed by atoms with E-state index in [-0.39, 0.29) is 6.61 Å². The molecule has 0 aromatic carbocycles. The molecule has 0 amide bonds. The van der Waals surface area contributed by atoms with Gasteiger partial charge in [0.2, 0.25) is 0 Å². The van der Waals surface area contributed by atoms with Crippen molar-refractivity contribution >= 4 is 11.9 Å². The van der Waals surface area contributed by atoms with Crippen LogP contribution < -0.4 is 0 Å². The lowest BCUT2D eigenvalue weighted by Crippen LogP contribution is -2.66. The normalized spacial score (nSPS) is 44.2. The lowest BCUT2D eigenvalue weighted by molar-refractivity contribution is -0.232. The average Bonchev–Trinajstić information content (AvgIpc) is 3.64. The minimum atomic E-state index is -1.11. The fourth-order valence-electron chi connectivity index (χ4n) is 6.89. The molecule has 208 valence electrons. The number of aliphatic hydroxyl groups excluding tert-OH is 2. The summed E-state index contributed by atoms with van der Waals surface area (Å²) in [5.41, 5.74) is -0.543. The second-order valence-electron chi connectivity index (χ2n) is 11.5. The summed E-state index contributed by atoms with van der Waals surface area (Å²) in [5.74, 6) is -1.11. The molecule has 2 spiro atoms. The molecular formula is C29H38O9. The first kappa shape index (κ1) is 27.3. The van der Waals surface area contributed by atoms with Crippen molar-refractivity contribution in [3.63, 3.8) is 0 Å². The molecule has 1 saturated carbocycles. The molecule has 9 heteroatoms. The highest BCUT2D eigenvalue weighted by Crippen LogP contribution is 2.72. The van der Waals surface area contributed by atoms with Gasteiger partial charge in [-0.3, -0.25) is 0 Å². The van der Waals surface area contributed by atoms with Gasteiger partial charge in [-0.25, -0.2) is 9.59 Å². The quantitative estimate of drug-likeness (QED) is 0.299. The third-order valence-electron chi connectivity index (χ3n) is 9.26. The summed E-state index contributed by atoms with van der Waals surface area (Å²) in [5, 5.41) is 21.5. The summed E-state index contributed by atoms with van der Waals surface area (Å²) in [6, 6.07) is 0. The maximum absolute atomic E-state index is 13.0. The number of aliphatic hydroxyl groups is 2. The fraction of sp³-hybridized carbons (Fsp3) is 0.655. The van der Waals surface area contributed by atoms with Crippen LogP contribution in [0.3, 0.4) is 0 Å².